The number of rotatable bonds is 3. The van der Waals surface area contributed by atoms with E-state index in [2.05, 4.69) is 10.4 Å². The van der Waals surface area contributed by atoms with Gasteiger partial charge in [0.25, 0.3) is 0 Å². The van der Waals surface area contributed by atoms with Crippen molar-refractivity contribution in [3.05, 3.63) is 6.20 Å². The number of carbonyl (C=O) groups is 1. The molecule has 1 aromatic heterocycles. The average Bonchev–Trinajstić information content (AvgIpc) is 2.67. The first-order chi connectivity index (χ1) is 8.88. The Bertz CT molecular complexity index is 626. The van der Waals surface area contributed by atoms with Crippen LogP contribution in [0.1, 0.15) is 19.3 Å². The number of hydrogen-bond acceptors (Lipinski definition) is 4. The van der Waals surface area contributed by atoms with Crippen LogP contribution in [0.3, 0.4) is 0 Å². The van der Waals surface area contributed by atoms with Gasteiger partial charge in [-0.05, 0) is 24.7 Å². The van der Waals surface area contributed by atoms with Crippen LogP contribution < -0.4 is 10.5 Å². The van der Waals surface area contributed by atoms with Crippen molar-refractivity contribution in [3.63, 3.8) is 0 Å². The molecule has 2 atom stereocenters. The summed E-state index contributed by atoms with van der Waals surface area (Å²) in [4.78, 5) is 11.9. The number of nitrogens with one attached hydrogen (secondary N) is 1. The fraction of sp³-hybridized carbons (Fsp3) is 0.636. The highest BCUT2D eigenvalue weighted by Crippen LogP contribution is 2.57. The number of aromatic nitrogens is 2. The van der Waals surface area contributed by atoms with Gasteiger partial charge in [-0.15, -0.1) is 0 Å². The molecule has 2 unspecified atom stereocenters. The second-order valence-corrected chi connectivity index (χ2v) is 6.86. The minimum absolute atomic E-state index is 0.0177. The molecule has 19 heavy (non-hydrogen) atoms. The Hall–Kier alpha value is -1.41. The molecule has 2 aliphatic rings. The zero-order valence-electron chi connectivity index (χ0n) is 10.5. The summed E-state index contributed by atoms with van der Waals surface area (Å²) in [6.07, 6.45) is 4.66. The number of anilines is 1. The average molecular weight is 284 g/mol. The first-order valence-corrected chi connectivity index (χ1v) is 7.80. The maximum Gasteiger partial charge on any atom is 0.243 e. The molecule has 2 aliphatic carbocycles. The van der Waals surface area contributed by atoms with Gasteiger partial charge < -0.3 is 5.32 Å². The van der Waals surface area contributed by atoms with Gasteiger partial charge in [0.15, 0.2) is 5.82 Å². The Morgan fingerprint density at radius 2 is 2.11 bits per heavy atom. The third kappa shape index (κ3) is 2.14. The van der Waals surface area contributed by atoms with Crippen LogP contribution >= 0.6 is 0 Å². The van der Waals surface area contributed by atoms with Crippen LogP contribution in [0.4, 0.5) is 5.82 Å². The van der Waals surface area contributed by atoms with Crippen LogP contribution in [-0.2, 0) is 21.9 Å². The molecule has 0 aromatic carbocycles. The largest absolute Gasteiger partial charge is 0.308 e. The third-order valence-electron chi connectivity index (χ3n) is 4.05. The number of sulfonamides is 1. The molecule has 104 valence electrons. The fourth-order valence-corrected chi connectivity index (χ4v) is 3.83. The highest BCUT2D eigenvalue weighted by molar-refractivity contribution is 7.89. The molecule has 1 heterocycles. The predicted octanol–water partition coefficient (Wildman–Crippen LogP) is 0.0521. The summed E-state index contributed by atoms with van der Waals surface area (Å²) in [5.74, 6) is 0.852. The molecule has 3 rings (SSSR count). The van der Waals surface area contributed by atoms with E-state index in [1.165, 1.54) is 17.3 Å². The minimum Gasteiger partial charge on any atom is -0.308 e. The molecule has 0 bridgehead atoms. The Morgan fingerprint density at radius 1 is 1.47 bits per heavy atom. The molecule has 0 spiro atoms. The van der Waals surface area contributed by atoms with Crippen LogP contribution in [0.5, 0.6) is 0 Å². The summed E-state index contributed by atoms with van der Waals surface area (Å²) >= 11 is 0. The zero-order chi connectivity index (χ0) is 13.8. The monoisotopic (exact) mass is 284 g/mol. The van der Waals surface area contributed by atoms with Crippen molar-refractivity contribution < 1.29 is 13.2 Å². The molecular weight excluding hydrogens is 268 g/mol. The molecule has 3 N–H and O–H groups in total. The number of aryl methyl sites for hydroxylation is 1. The molecule has 1 amide bonds. The van der Waals surface area contributed by atoms with Gasteiger partial charge in [0, 0.05) is 19.2 Å². The standard InChI is InChI=1S/C11H16N4O3S/c1-15-5-8(19(12,17)18)10(14-15)13-11(16)9-6-3-2-4-7(6)9/h5-7,9H,2-4H2,1H3,(H2,12,17,18)(H,13,14,16). The van der Waals surface area contributed by atoms with E-state index in [1.54, 1.807) is 7.05 Å². The summed E-state index contributed by atoms with van der Waals surface area (Å²) in [5.41, 5.74) is 0. The van der Waals surface area contributed by atoms with E-state index in [1.807, 2.05) is 0 Å². The van der Waals surface area contributed by atoms with Crippen molar-refractivity contribution in [2.24, 2.45) is 29.9 Å². The molecule has 1 aromatic rings. The molecule has 2 fully saturated rings. The lowest BCUT2D eigenvalue weighted by Crippen LogP contribution is -2.20. The number of nitrogens with zero attached hydrogens (tertiary/aromatic N) is 2. The molecule has 8 heteroatoms. The Balaban J connectivity index is 1.79. The van der Waals surface area contributed by atoms with E-state index in [9.17, 15) is 13.2 Å². The van der Waals surface area contributed by atoms with Gasteiger partial charge in [-0.2, -0.15) is 5.10 Å². The van der Waals surface area contributed by atoms with Gasteiger partial charge in [-0.1, -0.05) is 6.42 Å². The van der Waals surface area contributed by atoms with Crippen molar-refractivity contribution in [2.75, 3.05) is 5.32 Å². The summed E-state index contributed by atoms with van der Waals surface area (Å²) in [5, 5.41) is 11.6. The SMILES string of the molecule is Cn1cc(S(N)(=O)=O)c(NC(=O)C2C3CCCC32)n1. The highest BCUT2D eigenvalue weighted by Gasteiger charge is 2.56. The molecule has 0 saturated heterocycles. The van der Waals surface area contributed by atoms with Crippen molar-refractivity contribution >= 4 is 21.7 Å². The number of fused-ring (bicyclic) bond motifs is 1. The van der Waals surface area contributed by atoms with Crippen molar-refractivity contribution in [1.82, 2.24) is 9.78 Å². The second kappa shape index (κ2) is 4.04. The lowest BCUT2D eigenvalue weighted by molar-refractivity contribution is -0.118. The van der Waals surface area contributed by atoms with Crippen LogP contribution in [0.2, 0.25) is 0 Å². The van der Waals surface area contributed by atoms with E-state index in [0.717, 1.165) is 12.8 Å². The van der Waals surface area contributed by atoms with Crippen LogP contribution in [0.15, 0.2) is 11.1 Å². The number of primary sulfonamides is 1. The van der Waals surface area contributed by atoms with Gasteiger partial charge in [0.2, 0.25) is 15.9 Å². The second-order valence-electron chi connectivity index (χ2n) is 5.33. The number of carbonyl (C=O) groups excluding carboxylic acids is 1. The van der Waals surface area contributed by atoms with Gasteiger partial charge in [0.05, 0.1) is 0 Å². The Morgan fingerprint density at radius 3 is 2.68 bits per heavy atom. The van der Waals surface area contributed by atoms with Crippen LogP contribution in [0, 0.1) is 17.8 Å². The van der Waals surface area contributed by atoms with E-state index in [-0.39, 0.29) is 22.5 Å². The third-order valence-corrected chi connectivity index (χ3v) is 4.96. The Kier molecular flexibility index (Phi) is 2.68. The lowest BCUT2D eigenvalue weighted by Gasteiger charge is -2.05. The predicted molar refractivity (Wildman–Crippen MR) is 67.5 cm³/mol. The first kappa shape index (κ1) is 12.6. The number of hydrogen-bond donors (Lipinski definition) is 2. The normalized spacial score (nSPS) is 29.1. The van der Waals surface area contributed by atoms with E-state index < -0.39 is 10.0 Å². The van der Waals surface area contributed by atoms with Gasteiger partial charge in [0.1, 0.15) is 4.90 Å². The summed E-state index contributed by atoms with van der Waals surface area (Å²) in [7, 11) is -2.30. The van der Waals surface area contributed by atoms with E-state index in [4.69, 9.17) is 5.14 Å². The van der Waals surface area contributed by atoms with E-state index >= 15 is 0 Å². The van der Waals surface area contributed by atoms with Crippen molar-refractivity contribution in [3.8, 4) is 0 Å². The number of nitrogens with two attached hydrogens (primary N) is 1. The lowest BCUT2D eigenvalue weighted by atomic mass is 10.1. The topological polar surface area (TPSA) is 107 Å². The van der Waals surface area contributed by atoms with Crippen LogP contribution in [-0.4, -0.2) is 24.1 Å². The molecule has 2 saturated carbocycles. The van der Waals surface area contributed by atoms with Gasteiger partial charge >= 0.3 is 0 Å². The molecule has 7 nitrogen and oxygen atoms in total. The van der Waals surface area contributed by atoms with Gasteiger partial charge in [-0.25, -0.2) is 13.6 Å². The maximum atomic E-state index is 12.1. The molecule has 0 radical (unpaired) electrons. The first-order valence-electron chi connectivity index (χ1n) is 6.25. The molecular formula is C11H16N4O3S. The van der Waals surface area contributed by atoms with E-state index in [0.29, 0.717) is 11.8 Å². The molecule has 0 aliphatic heterocycles. The van der Waals surface area contributed by atoms with Gasteiger partial charge in [-0.3, -0.25) is 9.48 Å². The Labute approximate surface area is 111 Å². The smallest absolute Gasteiger partial charge is 0.243 e. The fourth-order valence-electron chi connectivity index (χ4n) is 3.17. The zero-order valence-corrected chi connectivity index (χ0v) is 11.4. The maximum absolute atomic E-state index is 12.1. The van der Waals surface area contributed by atoms with Crippen LogP contribution in [0.25, 0.3) is 0 Å². The number of amides is 1. The minimum atomic E-state index is -3.88. The summed E-state index contributed by atoms with van der Waals surface area (Å²) in [6, 6.07) is 0. The highest BCUT2D eigenvalue weighted by atomic mass is 32.2. The quantitative estimate of drug-likeness (QED) is 0.817. The summed E-state index contributed by atoms with van der Waals surface area (Å²) in [6.45, 7) is 0. The summed E-state index contributed by atoms with van der Waals surface area (Å²) < 4.78 is 24.1. The van der Waals surface area contributed by atoms with Crippen molar-refractivity contribution in [2.45, 2.75) is 24.2 Å². The van der Waals surface area contributed by atoms with Crippen molar-refractivity contribution in [1.29, 1.82) is 0 Å².